The molecular weight excluding hydrogens is 300 g/mol. The number of hydrogen-bond donors (Lipinski definition) is 0. The lowest BCUT2D eigenvalue weighted by atomic mass is 9.90. The highest BCUT2D eigenvalue weighted by molar-refractivity contribution is 9.08. The van der Waals surface area contributed by atoms with Crippen molar-refractivity contribution in [2.45, 2.75) is 37.4 Å². The summed E-state index contributed by atoms with van der Waals surface area (Å²) in [4.78, 5) is 0. The van der Waals surface area contributed by atoms with Crippen molar-refractivity contribution in [2.24, 2.45) is 5.92 Å². The molecule has 0 amide bonds. The van der Waals surface area contributed by atoms with Crippen molar-refractivity contribution < 1.29 is 4.74 Å². The largest absolute Gasteiger partial charge is 0.493 e. The molecule has 1 aromatic carbocycles. The van der Waals surface area contributed by atoms with Crippen LogP contribution in [0.2, 0.25) is 5.02 Å². The van der Waals surface area contributed by atoms with E-state index in [1.807, 2.05) is 18.2 Å². The van der Waals surface area contributed by atoms with Crippen LogP contribution in [0.25, 0.3) is 0 Å². The van der Waals surface area contributed by atoms with Gasteiger partial charge in [0.05, 0.1) is 6.61 Å². The van der Waals surface area contributed by atoms with Gasteiger partial charge in [-0.25, -0.2) is 0 Å². The lowest BCUT2D eigenvalue weighted by Crippen LogP contribution is -2.15. The minimum Gasteiger partial charge on any atom is -0.493 e. The summed E-state index contributed by atoms with van der Waals surface area (Å²) >= 11 is 9.60. The van der Waals surface area contributed by atoms with Gasteiger partial charge in [0.2, 0.25) is 0 Å². The molecule has 3 heteroatoms. The van der Waals surface area contributed by atoms with Crippen LogP contribution in [0.1, 0.15) is 37.7 Å². The molecule has 17 heavy (non-hydrogen) atoms. The highest BCUT2D eigenvalue weighted by Crippen LogP contribution is 2.30. The van der Waals surface area contributed by atoms with E-state index in [0.29, 0.717) is 0 Å². The van der Waals surface area contributed by atoms with Gasteiger partial charge in [-0.1, -0.05) is 52.9 Å². The number of alkyl halides is 1. The van der Waals surface area contributed by atoms with Gasteiger partial charge in [-0.15, -0.1) is 0 Å². The van der Waals surface area contributed by atoms with Gasteiger partial charge in [0.25, 0.3) is 0 Å². The van der Waals surface area contributed by atoms with E-state index in [4.69, 9.17) is 16.3 Å². The third-order valence-corrected chi connectivity index (χ3v) is 4.32. The standard InChI is InChI=1S/C14H18BrClO/c15-9-12-13(16)7-4-8-14(12)17-10-11-5-2-1-3-6-11/h4,7-8,11H,1-3,5-6,9-10H2. The molecule has 0 unspecified atom stereocenters. The summed E-state index contributed by atoms with van der Waals surface area (Å²) in [6, 6.07) is 5.86. The summed E-state index contributed by atoms with van der Waals surface area (Å²) < 4.78 is 5.93. The van der Waals surface area contributed by atoms with Crippen molar-refractivity contribution in [3.05, 3.63) is 28.8 Å². The number of halogens is 2. The maximum absolute atomic E-state index is 6.14. The van der Waals surface area contributed by atoms with Crippen LogP contribution in [0.5, 0.6) is 5.75 Å². The fourth-order valence-corrected chi connectivity index (χ4v) is 3.34. The van der Waals surface area contributed by atoms with Crippen molar-refractivity contribution in [2.75, 3.05) is 6.61 Å². The van der Waals surface area contributed by atoms with Gasteiger partial charge >= 0.3 is 0 Å². The van der Waals surface area contributed by atoms with Crippen molar-refractivity contribution in [1.82, 2.24) is 0 Å². The first-order chi connectivity index (χ1) is 8.31. The first-order valence-corrected chi connectivity index (χ1v) is 7.77. The normalized spacial score (nSPS) is 17.1. The second kappa shape index (κ2) is 6.65. The first kappa shape index (κ1) is 13.2. The molecule has 1 aromatic rings. The molecule has 0 aliphatic heterocycles. The topological polar surface area (TPSA) is 9.23 Å². The van der Waals surface area contributed by atoms with Crippen LogP contribution >= 0.6 is 27.5 Å². The van der Waals surface area contributed by atoms with Crippen LogP contribution in [0.15, 0.2) is 18.2 Å². The molecule has 0 spiro atoms. The monoisotopic (exact) mass is 316 g/mol. The molecule has 1 fully saturated rings. The molecule has 0 heterocycles. The Labute approximate surface area is 117 Å². The summed E-state index contributed by atoms with van der Waals surface area (Å²) in [6.07, 6.45) is 6.72. The Morgan fingerprint density at radius 2 is 2.00 bits per heavy atom. The average molecular weight is 318 g/mol. The third-order valence-electron chi connectivity index (χ3n) is 3.41. The molecule has 0 saturated heterocycles. The van der Waals surface area contributed by atoms with Crippen molar-refractivity contribution in [3.8, 4) is 5.75 Å². The number of benzene rings is 1. The fourth-order valence-electron chi connectivity index (χ4n) is 2.37. The maximum Gasteiger partial charge on any atom is 0.124 e. The Morgan fingerprint density at radius 3 is 2.71 bits per heavy atom. The van der Waals surface area contributed by atoms with Crippen molar-refractivity contribution in [1.29, 1.82) is 0 Å². The smallest absolute Gasteiger partial charge is 0.124 e. The molecule has 1 nitrogen and oxygen atoms in total. The summed E-state index contributed by atoms with van der Waals surface area (Å²) in [7, 11) is 0. The number of hydrogen-bond acceptors (Lipinski definition) is 1. The summed E-state index contributed by atoms with van der Waals surface area (Å²) in [5.41, 5.74) is 1.06. The van der Waals surface area contributed by atoms with Crippen molar-refractivity contribution >= 4 is 27.5 Å². The van der Waals surface area contributed by atoms with Gasteiger partial charge in [0.15, 0.2) is 0 Å². The molecule has 2 rings (SSSR count). The Morgan fingerprint density at radius 1 is 1.24 bits per heavy atom. The highest BCUT2D eigenvalue weighted by atomic mass is 79.9. The van der Waals surface area contributed by atoms with Crippen molar-refractivity contribution in [3.63, 3.8) is 0 Å². The molecular formula is C14H18BrClO. The van der Waals surface area contributed by atoms with E-state index in [-0.39, 0.29) is 0 Å². The Hall–Kier alpha value is -0.210. The van der Waals surface area contributed by atoms with E-state index in [9.17, 15) is 0 Å². The lowest BCUT2D eigenvalue weighted by molar-refractivity contribution is 0.208. The summed E-state index contributed by atoms with van der Waals surface area (Å²) in [5.74, 6) is 1.66. The molecule has 0 N–H and O–H groups in total. The van der Waals surface area contributed by atoms with Gasteiger partial charge in [-0.3, -0.25) is 0 Å². The minimum absolute atomic E-state index is 0.728. The molecule has 94 valence electrons. The molecule has 1 aliphatic rings. The lowest BCUT2D eigenvalue weighted by Gasteiger charge is -2.22. The molecule has 1 aliphatic carbocycles. The van der Waals surface area contributed by atoms with Gasteiger partial charge in [0.1, 0.15) is 5.75 Å². The summed E-state index contributed by atoms with van der Waals surface area (Å²) in [6.45, 7) is 0.834. The van der Waals surface area contributed by atoms with Gasteiger partial charge in [-0.05, 0) is 30.9 Å². The third kappa shape index (κ3) is 3.62. The molecule has 0 bridgehead atoms. The SMILES string of the molecule is Clc1cccc(OCC2CCCCC2)c1CBr. The average Bonchev–Trinajstić information content (AvgIpc) is 2.37. The first-order valence-electron chi connectivity index (χ1n) is 6.27. The van der Waals surface area contributed by atoms with Crippen LogP contribution < -0.4 is 4.74 Å². The van der Waals surface area contributed by atoms with Crippen LogP contribution in [0.3, 0.4) is 0 Å². The van der Waals surface area contributed by atoms with E-state index in [1.54, 1.807) is 0 Å². The van der Waals surface area contributed by atoms with E-state index in [2.05, 4.69) is 15.9 Å². The zero-order valence-electron chi connectivity index (χ0n) is 9.92. The zero-order chi connectivity index (χ0) is 12.1. The predicted molar refractivity (Wildman–Crippen MR) is 76.2 cm³/mol. The Bertz CT molecular complexity index is 361. The zero-order valence-corrected chi connectivity index (χ0v) is 12.3. The predicted octanol–water partition coefficient (Wildman–Crippen LogP) is 5.19. The minimum atomic E-state index is 0.728. The maximum atomic E-state index is 6.14. The Kier molecular flexibility index (Phi) is 5.17. The number of rotatable bonds is 4. The molecule has 1 saturated carbocycles. The van der Waals surface area contributed by atoms with Crippen LogP contribution in [-0.2, 0) is 5.33 Å². The quantitative estimate of drug-likeness (QED) is 0.694. The molecule has 0 radical (unpaired) electrons. The summed E-state index contributed by atoms with van der Waals surface area (Å²) in [5, 5.41) is 1.52. The second-order valence-electron chi connectivity index (χ2n) is 4.67. The molecule has 0 aromatic heterocycles. The van der Waals surface area contributed by atoms with E-state index in [1.165, 1.54) is 32.1 Å². The van der Waals surface area contributed by atoms with Gasteiger partial charge in [0, 0.05) is 15.9 Å². The fraction of sp³-hybridized carbons (Fsp3) is 0.571. The van der Waals surface area contributed by atoms with E-state index < -0.39 is 0 Å². The van der Waals surface area contributed by atoms with Crippen LogP contribution in [0.4, 0.5) is 0 Å². The number of ether oxygens (including phenoxy) is 1. The highest BCUT2D eigenvalue weighted by Gasteiger charge is 2.15. The van der Waals surface area contributed by atoms with Crippen LogP contribution in [-0.4, -0.2) is 6.61 Å². The second-order valence-corrected chi connectivity index (χ2v) is 5.63. The van der Waals surface area contributed by atoms with E-state index >= 15 is 0 Å². The van der Waals surface area contributed by atoms with Gasteiger partial charge < -0.3 is 4.74 Å². The van der Waals surface area contributed by atoms with Crippen LogP contribution in [0, 0.1) is 5.92 Å². The molecule has 0 atom stereocenters. The Balaban J connectivity index is 1.95. The van der Waals surface area contributed by atoms with E-state index in [0.717, 1.165) is 34.2 Å². The van der Waals surface area contributed by atoms with Gasteiger partial charge in [-0.2, -0.15) is 0 Å².